The van der Waals surface area contributed by atoms with Crippen molar-refractivity contribution in [3.63, 3.8) is 0 Å². The van der Waals surface area contributed by atoms with E-state index in [1.54, 1.807) is 10.9 Å². The molecule has 0 saturated carbocycles. The molecule has 96 valence electrons. The van der Waals surface area contributed by atoms with Crippen LogP contribution in [0.1, 0.15) is 26.0 Å². The summed E-state index contributed by atoms with van der Waals surface area (Å²) in [7, 11) is 0. The first-order valence-electron chi connectivity index (χ1n) is 5.46. The zero-order valence-corrected chi connectivity index (χ0v) is 10.2. The molecular formula is C10H19N5O2. The first-order valence-corrected chi connectivity index (χ1v) is 5.46. The van der Waals surface area contributed by atoms with E-state index in [2.05, 4.69) is 15.6 Å². The number of nitrogens with two attached hydrogens (primary N) is 1. The fourth-order valence-electron chi connectivity index (χ4n) is 1.46. The number of nitrogens with zero attached hydrogens (tertiary/aromatic N) is 3. The van der Waals surface area contributed by atoms with Gasteiger partial charge in [0, 0.05) is 24.7 Å². The van der Waals surface area contributed by atoms with Gasteiger partial charge in [0.1, 0.15) is 0 Å². The second kappa shape index (κ2) is 5.74. The van der Waals surface area contributed by atoms with Crippen LogP contribution in [0.15, 0.2) is 6.20 Å². The number of aliphatic hydroxyl groups is 1. The summed E-state index contributed by atoms with van der Waals surface area (Å²) in [4.78, 5) is 10.8. The molecule has 7 nitrogen and oxygen atoms in total. The van der Waals surface area contributed by atoms with Crippen LogP contribution in [0.5, 0.6) is 0 Å². The highest BCUT2D eigenvalue weighted by Crippen LogP contribution is 2.08. The Morgan fingerprint density at radius 3 is 2.94 bits per heavy atom. The molecule has 0 aliphatic heterocycles. The molecule has 0 radical (unpaired) electrons. The van der Waals surface area contributed by atoms with E-state index >= 15 is 0 Å². The Morgan fingerprint density at radius 1 is 1.65 bits per heavy atom. The van der Waals surface area contributed by atoms with Gasteiger partial charge >= 0.3 is 0 Å². The van der Waals surface area contributed by atoms with Crippen LogP contribution in [0, 0.1) is 0 Å². The summed E-state index contributed by atoms with van der Waals surface area (Å²) in [6.07, 6.45) is 2.02. The summed E-state index contributed by atoms with van der Waals surface area (Å²) in [5.74, 6) is -0.341. The largest absolute Gasteiger partial charge is 0.394 e. The first kappa shape index (κ1) is 13.6. The van der Waals surface area contributed by atoms with Gasteiger partial charge in [0.15, 0.2) is 0 Å². The molecule has 4 N–H and O–H groups in total. The Kier molecular flexibility index (Phi) is 4.59. The Morgan fingerprint density at radius 2 is 2.35 bits per heavy atom. The van der Waals surface area contributed by atoms with Gasteiger partial charge in [-0.05, 0) is 13.8 Å². The molecule has 1 aromatic heterocycles. The fraction of sp³-hybridized carbons (Fsp3) is 0.700. The SMILES string of the molecule is CC(C)(CC(N)=O)NCc1cn(CCO)nn1. The van der Waals surface area contributed by atoms with Crippen molar-refractivity contribution in [2.75, 3.05) is 6.61 Å². The van der Waals surface area contributed by atoms with Crippen molar-refractivity contribution < 1.29 is 9.90 Å². The lowest BCUT2D eigenvalue weighted by Crippen LogP contribution is -2.42. The molecule has 1 amide bonds. The van der Waals surface area contributed by atoms with Gasteiger partial charge in [-0.25, -0.2) is 4.68 Å². The average molecular weight is 241 g/mol. The van der Waals surface area contributed by atoms with Gasteiger partial charge in [-0.3, -0.25) is 4.79 Å². The molecule has 7 heteroatoms. The van der Waals surface area contributed by atoms with Gasteiger partial charge in [-0.1, -0.05) is 5.21 Å². The van der Waals surface area contributed by atoms with Crippen molar-refractivity contribution in [2.24, 2.45) is 5.73 Å². The topological polar surface area (TPSA) is 106 Å². The van der Waals surface area contributed by atoms with Crippen LogP contribution in [0.3, 0.4) is 0 Å². The minimum absolute atomic E-state index is 0.0311. The molecule has 0 aliphatic rings. The van der Waals surface area contributed by atoms with E-state index in [0.717, 1.165) is 5.69 Å². The summed E-state index contributed by atoms with van der Waals surface area (Å²) in [5.41, 5.74) is 5.54. The third-order valence-electron chi connectivity index (χ3n) is 2.28. The quantitative estimate of drug-likeness (QED) is 0.568. The third-order valence-corrected chi connectivity index (χ3v) is 2.28. The van der Waals surface area contributed by atoms with Gasteiger partial charge in [0.25, 0.3) is 0 Å². The molecule has 1 rings (SSSR count). The molecule has 1 heterocycles. The number of amides is 1. The number of aromatic nitrogens is 3. The number of carbonyl (C=O) groups excluding carboxylic acids is 1. The second-order valence-corrected chi connectivity index (χ2v) is 4.58. The zero-order chi connectivity index (χ0) is 12.9. The lowest BCUT2D eigenvalue weighted by atomic mass is 10.0. The molecule has 0 spiro atoms. The highest BCUT2D eigenvalue weighted by molar-refractivity contribution is 5.74. The lowest BCUT2D eigenvalue weighted by molar-refractivity contribution is -0.119. The number of hydrogen-bond donors (Lipinski definition) is 3. The van der Waals surface area contributed by atoms with Crippen molar-refractivity contribution in [1.29, 1.82) is 0 Å². The van der Waals surface area contributed by atoms with Crippen LogP contribution in [-0.4, -0.2) is 38.2 Å². The number of hydrogen-bond acceptors (Lipinski definition) is 5. The van der Waals surface area contributed by atoms with Crippen LogP contribution in [0.2, 0.25) is 0 Å². The normalized spacial score (nSPS) is 11.7. The van der Waals surface area contributed by atoms with Gasteiger partial charge in [-0.2, -0.15) is 0 Å². The Labute approximate surface area is 100.0 Å². The summed E-state index contributed by atoms with van der Waals surface area (Å²) in [5, 5.41) is 19.7. The van der Waals surface area contributed by atoms with Crippen LogP contribution >= 0.6 is 0 Å². The molecule has 17 heavy (non-hydrogen) atoms. The zero-order valence-electron chi connectivity index (χ0n) is 10.2. The average Bonchev–Trinajstić information content (AvgIpc) is 2.62. The Balaban J connectivity index is 2.46. The Hall–Kier alpha value is -1.47. The second-order valence-electron chi connectivity index (χ2n) is 4.58. The predicted octanol–water partition coefficient (Wildman–Crippen LogP) is -0.986. The summed E-state index contributed by atoms with van der Waals surface area (Å²) in [6, 6.07) is 0. The van der Waals surface area contributed by atoms with Crippen molar-refractivity contribution in [3.8, 4) is 0 Å². The molecule has 0 aliphatic carbocycles. The van der Waals surface area contributed by atoms with E-state index in [9.17, 15) is 4.79 Å². The van der Waals surface area contributed by atoms with E-state index in [1.807, 2.05) is 13.8 Å². The molecular weight excluding hydrogens is 222 g/mol. The monoisotopic (exact) mass is 241 g/mol. The maximum Gasteiger partial charge on any atom is 0.219 e. The fourth-order valence-corrected chi connectivity index (χ4v) is 1.46. The smallest absolute Gasteiger partial charge is 0.219 e. The van der Waals surface area contributed by atoms with Crippen molar-refractivity contribution in [3.05, 3.63) is 11.9 Å². The van der Waals surface area contributed by atoms with Crippen molar-refractivity contribution >= 4 is 5.91 Å². The van der Waals surface area contributed by atoms with Gasteiger partial charge < -0.3 is 16.2 Å². The molecule has 0 bridgehead atoms. The summed E-state index contributed by atoms with van der Waals surface area (Å²) < 4.78 is 1.57. The van der Waals surface area contributed by atoms with E-state index in [1.165, 1.54) is 0 Å². The molecule has 0 saturated heterocycles. The highest BCUT2D eigenvalue weighted by atomic mass is 16.3. The molecule has 1 aromatic rings. The standard InChI is InChI=1S/C10H19N5O2/c1-10(2,5-9(11)17)12-6-8-7-15(3-4-16)14-13-8/h7,12,16H,3-6H2,1-2H3,(H2,11,17). The lowest BCUT2D eigenvalue weighted by Gasteiger charge is -2.24. The number of primary amides is 1. The minimum Gasteiger partial charge on any atom is -0.394 e. The van der Waals surface area contributed by atoms with Gasteiger partial charge in [0.2, 0.25) is 5.91 Å². The highest BCUT2D eigenvalue weighted by Gasteiger charge is 2.20. The van der Waals surface area contributed by atoms with E-state index < -0.39 is 0 Å². The van der Waals surface area contributed by atoms with Crippen LogP contribution in [0.4, 0.5) is 0 Å². The van der Waals surface area contributed by atoms with Crippen molar-refractivity contribution in [1.82, 2.24) is 20.3 Å². The summed E-state index contributed by atoms with van der Waals surface area (Å²) in [6.45, 7) is 4.76. The van der Waals surface area contributed by atoms with Crippen LogP contribution < -0.4 is 11.1 Å². The molecule has 0 unspecified atom stereocenters. The molecule has 0 fully saturated rings. The minimum atomic E-state index is -0.368. The van der Waals surface area contributed by atoms with E-state index in [0.29, 0.717) is 13.1 Å². The first-order chi connectivity index (χ1) is 7.93. The number of carbonyl (C=O) groups is 1. The van der Waals surface area contributed by atoms with Crippen LogP contribution in [0.25, 0.3) is 0 Å². The van der Waals surface area contributed by atoms with Gasteiger partial charge in [-0.15, -0.1) is 5.10 Å². The number of aliphatic hydroxyl groups excluding tert-OH is 1. The van der Waals surface area contributed by atoms with Crippen molar-refractivity contribution in [2.45, 2.75) is 38.9 Å². The van der Waals surface area contributed by atoms with Crippen LogP contribution in [-0.2, 0) is 17.9 Å². The van der Waals surface area contributed by atoms with E-state index in [4.69, 9.17) is 10.8 Å². The Bertz CT molecular complexity index is 375. The number of rotatable bonds is 7. The summed E-state index contributed by atoms with van der Waals surface area (Å²) >= 11 is 0. The van der Waals surface area contributed by atoms with E-state index in [-0.39, 0.29) is 24.5 Å². The molecule has 0 atom stereocenters. The molecule has 0 aromatic carbocycles. The van der Waals surface area contributed by atoms with Gasteiger partial charge in [0.05, 0.1) is 18.8 Å². The maximum atomic E-state index is 10.8. The predicted molar refractivity (Wildman–Crippen MR) is 61.8 cm³/mol. The third kappa shape index (κ3) is 4.92. The maximum absolute atomic E-state index is 10.8. The number of nitrogens with one attached hydrogen (secondary N) is 1.